The molecular weight excluding hydrogens is 553 g/mol. The van der Waals surface area contributed by atoms with E-state index in [1.165, 1.54) is 0 Å². The Kier molecular flexibility index (Phi) is 10.2. The van der Waals surface area contributed by atoms with Crippen LogP contribution in [0.2, 0.25) is 24.7 Å². The minimum atomic E-state index is -1.78. The van der Waals surface area contributed by atoms with Gasteiger partial charge in [0.15, 0.2) is 5.82 Å². The summed E-state index contributed by atoms with van der Waals surface area (Å²) in [4.78, 5) is 51.4. The molecule has 1 fully saturated rings. The van der Waals surface area contributed by atoms with Gasteiger partial charge in [-0.05, 0) is 38.7 Å². The van der Waals surface area contributed by atoms with E-state index in [4.69, 9.17) is 4.74 Å². The van der Waals surface area contributed by atoms with Crippen LogP contribution in [0.15, 0.2) is 30.3 Å². The van der Waals surface area contributed by atoms with Crippen molar-refractivity contribution in [3.8, 4) is 0 Å². The molecule has 3 N–H and O–H groups in total. The van der Waals surface area contributed by atoms with Gasteiger partial charge in [-0.25, -0.2) is 4.79 Å². The zero-order chi connectivity index (χ0) is 29.3. The van der Waals surface area contributed by atoms with Gasteiger partial charge < -0.3 is 30.2 Å². The predicted octanol–water partition coefficient (Wildman–Crippen LogP) is 0.190. The fourth-order valence-corrected chi connectivity index (χ4v) is 8.20. The quantitative estimate of drug-likeness (QED) is 0.263. The molecule has 0 radical (unpaired) electrons. The average molecular weight is 592 g/mol. The number of carboxylic acid groups (broad SMARTS) is 1. The number of H-pyrrole nitrogens is 1. The molecule has 1 atom stereocenters. The topological polar surface area (TPSA) is 157 Å². The third-order valence-corrected chi connectivity index (χ3v) is 12.1. The van der Waals surface area contributed by atoms with Gasteiger partial charge in [-0.15, -0.1) is 0 Å². The normalized spacial score (nSPS) is 17.3. The van der Waals surface area contributed by atoms with E-state index < -0.39 is 38.0 Å². The Balaban J connectivity index is 0.00000462. The van der Waals surface area contributed by atoms with E-state index in [0.717, 1.165) is 36.1 Å². The first-order valence-electron chi connectivity index (χ1n) is 13.6. The minimum absolute atomic E-state index is 0. The predicted molar refractivity (Wildman–Crippen MR) is 149 cm³/mol. The molecule has 4 rings (SSSR count). The van der Waals surface area contributed by atoms with Gasteiger partial charge in [-0.1, -0.05) is 56.4 Å². The molecule has 41 heavy (non-hydrogen) atoms. The second-order valence-corrected chi connectivity index (χ2v) is 17.6. The number of anilines is 1. The van der Waals surface area contributed by atoms with Crippen LogP contribution in [0.1, 0.15) is 68.8 Å². The summed E-state index contributed by atoms with van der Waals surface area (Å²) in [5.74, 6) is -1.56. The van der Waals surface area contributed by atoms with Crippen LogP contribution < -0.4 is 45.3 Å². The maximum Gasteiger partial charge on any atom is 1.00 e. The molecule has 13 heteroatoms. The molecule has 0 spiro atoms. The van der Waals surface area contributed by atoms with Crippen molar-refractivity contribution in [3.05, 3.63) is 47.2 Å². The standard InChI is InChI=1S/C28H39N5O6Si.Na/c1-27(2)23-19(24(32-31-23)30-25(37)28(14-9-15-28)40(3,4)5)16-33(27)26(38)29-20(18-10-7-6-8-11-18)17-39-22(36)13-12-21(34)35;/h6-8,10-11,20H,9,12-17H2,1-5H3,(H,29,38)(H,34,35)(H2,30,31,32,37);/q;+1/p-1. The number of benzene rings is 1. The first kappa shape index (κ1) is 32.8. The van der Waals surface area contributed by atoms with Crippen LogP contribution in [-0.2, 0) is 31.2 Å². The van der Waals surface area contributed by atoms with Gasteiger partial charge in [-0.3, -0.25) is 14.7 Å². The first-order chi connectivity index (χ1) is 18.8. The number of carbonyl (C=O) groups excluding carboxylic acids is 4. The van der Waals surface area contributed by atoms with Crippen molar-refractivity contribution in [1.29, 1.82) is 0 Å². The molecule has 1 aromatic carbocycles. The number of rotatable bonds is 10. The van der Waals surface area contributed by atoms with E-state index in [9.17, 15) is 24.3 Å². The maximum absolute atomic E-state index is 13.6. The van der Waals surface area contributed by atoms with Crippen LogP contribution in [0.3, 0.4) is 0 Å². The molecule has 3 amide bonds. The molecule has 1 aromatic heterocycles. The number of nitrogens with one attached hydrogen (secondary N) is 3. The van der Waals surface area contributed by atoms with Gasteiger partial charge in [-0.2, -0.15) is 5.10 Å². The second kappa shape index (κ2) is 12.7. The Labute approximate surface area is 263 Å². The minimum Gasteiger partial charge on any atom is -0.550 e. The molecule has 1 unspecified atom stereocenters. The Morgan fingerprint density at radius 2 is 1.78 bits per heavy atom. The van der Waals surface area contributed by atoms with E-state index in [-0.39, 0.29) is 66.1 Å². The molecule has 216 valence electrons. The fraction of sp³-hybridized carbons (Fsp3) is 0.536. The molecule has 1 aliphatic carbocycles. The zero-order valence-electron chi connectivity index (χ0n) is 24.8. The van der Waals surface area contributed by atoms with Gasteiger partial charge in [0.25, 0.3) is 0 Å². The summed E-state index contributed by atoms with van der Waals surface area (Å²) in [6.07, 6.45) is 2.07. The summed E-state index contributed by atoms with van der Waals surface area (Å²) in [6, 6.07) is 8.03. The summed E-state index contributed by atoms with van der Waals surface area (Å²) >= 11 is 0. The molecular formula is C28H38N5NaO6Si. The molecule has 2 heterocycles. The van der Waals surface area contributed by atoms with Crippen LogP contribution >= 0.6 is 0 Å². The van der Waals surface area contributed by atoms with Gasteiger partial charge in [0.05, 0.1) is 38.3 Å². The molecule has 1 saturated carbocycles. The number of amides is 3. The van der Waals surface area contributed by atoms with Crippen molar-refractivity contribution in [2.45, 2.75) is 88.8 Å². The Morgan fingerprint density at radius 3 is 2.34 bits per heavy atom. The fourth-order valence-electron chi connectivity index (χ4n) is 5.61. The largest absolute Gasteiger partial charge is 1.00 e. The average Bonchev–Trinajstić information content (AvgIpc) is 3.36. The van der Waals surface area contributed by atoms with E-state index in [1.54, 1.807) is 4.90 Å². The number of hydrogen-bond donors (Lipinski definition) is 3. The van der Waals surface area contributed by atoms with E-state index >= 15 is 0 Å². The van der Waals surface area contributed by atoms with Gasteiger partial charge >= 0.3 is 41.6 Å². The molecule has 2 aromatic rings. The zero-order valence-corrected chi connectivity index (χ0v) is 27.8. The summed E-state index contributed by atoms with van der Waals surface area (Å²) in [5.41, 5.74) is 1.49. The van der Waals surface area contributed by atoms with Gasteiger partial charge in [0.1, 0.15) is 6.61 Å². The van der Waals surface area contributed by atoms with Crippen molar-refractivity contribution in [1.82, 2.24) is 20.4 Å². The molecule has 0 bridgehead atoms. The summed E-state index contributed by atoms with van der Waals surface area (Å²) in [6.45, 7) is 10.5. The van der Waals surface area contributed by atoms with Gasteiger partial charge in [0, 0.05) is 16.6 Å². The Bertz CT molecular complexity index is 1290. The van der Waals surface area contributed by atoms with Crippen molar-refractivity contribution in [2.75, 3.05) is 11.9 Å². The van der Waals surface area contributed by atoms with Crippen molar-refractivity contribution in [2.24, 2.45) is 0 Å². The number of aromatic amines is 1. The number of aliphatic carboxylic acids is 1. The Hall–Kier alpha value is -2.67. The number of carboxylic acids is 1. The number of urea groups is 1. The van der Waals surface area contributed by atoms with Crippen LogP contribution in [0.4, 0.5) is 10.6 Å². The Morgan fingerprint density at radius 1 is 1.12 bits per heavy atom. The number of fused-ring (bicyclic) bond motifs is 1. The first-order valence-corrected chi connectivity index (χ1v) is 17.1. The van der Waals surface area contributed by atoms with Gasteiger partial charge in [0.2, 0.25) is 5.91 Å². The smallest absolute Gasteiger partial charge is 0.550 e. The van der Waals surface area contributed by atoms with E-state index in [0.29, 0.717) is 5.82 Å². The number of esters is 1. The van der Waals surface area contributed by atoms with E-state index in [1.807, 2.05) is 44.2 Å². The number of hydrogen-bond acceptors (Lipinski definition) is 7. The third-order valence-electron chi connectivity index (χ3n) is 8.47. The molecule has 1 aliphatic heterocycles. The van der Waals surface area contributed by atoms with Crippen LogP contribution in [-0.4, -0.2) is 53.7 Å². The van der Waals surface area contributed by atoms with Crippen LogP contribution in [0, 0.1) is 0 Å². The molecule has 11 nitrogen and oxygen atoms in total. The summed E-state index contributed by atoms with van der Waals surface area (Å²) in [5, 5.41) is 23.8. The van der Waals surface area contributed by atoms with Crippen molar-refractivity contribution in [3.63, 3.8) is 0 Å². The molecule has 0 saturated heterocycles. The van der Waals surface area contributed by atoms with Crippen LogP contribution in [0.5, 0.6) is 0 Å². The SMILES string of the molecule is CC1(C)c2[nH]nc(NC(=O)C3([Si](C)(C)C)CCC3)c2CN1C(=O)NC(COC(=O)CCC(=O)[O-])c1ccccc1.[Na+]. The van der Waals surface area contributed by atoms with Crippen molar-refractivity contribution < 1.29 is 58.6 Å². The summed E-state index contributed by atoms with van der Waals surface area (Å²) < 4.78 is 5.29. The maximum atomic E-state index is 13.6. The second-order valence-electron chi connectivity index (χ2n) is 12.2. The van der Waals surface area contributed by atoms with Crippen molar-refractivity contribution >= 4 is 37.8 Å². The number of carbonyl (C=O) groups is 4. The number of ether oxygens (including phenoxy) is 1. The summed E-state index contributed by atoms with van der Waals surface area (Å²) in [7, 11) is -1.78. The number of nitrogens with zero attached hydrogens (tertiary/aromatic N) is 2. The third kappa shape index (κ3) is 6.71. The van der Waals surface area contributed by atoms with Crippen LogP contribution in [0.25, 0.3) is 0 Å². The monoisotopic (exact) mass is 591 g/mol. The van der Waals surface area contributed by atoms with E-state index in [2.05, 4.69) is 40.5 Å². The number of aromatic nitrogens is 2. The molecule has 2 aliphatic rings.